The van der Waals surface area contributed by atoms with E-state index in [4.69, 9.17) is 31.4 Å². The largest absolute Gasteiger partial charge is 0.497 e. The van der Waals surface area contributed by atoms with Gasteiger partial charge in [0, 0.05) is 0 Å². The zero-order chi connectivity index (χ0) is 16.8. The van der Waals surface area contributed by atoms with E-state index in [1.165, 1.54) is 6.08 Å². The Morgan fingerprint density at radius 1 is 1.17 bits per heavy atom. The van der Waals surface area contributed by atoms with Gasteiger partial charge in [-0.25, -0.2) is 4.79 Å². The van der Waals surface area contributed by atoms with Crippen LogP contribution in [0.4, 0.5) is 0 Å². The predicted molar refractivity (Wildman–Crippen MR) is 85.7 cm³/mol. The molecular weight excluding hydrogens is 318 g/mol. The molecule has 1 N–H and O–H groups in total. The van der Waals surface area contributed by atoms with E-state index in [1.807, 2.05) is 0 Å². The number of hydrogen-bond acceptors (Lipinski definition) is 4. The molecule has 0 bridgehead atoms. The first-order valence-electron chi connectivity index (χ1n) is 6.50. The highest BCUT2D eigenvalue weighted by atomic mass is 35.5. The lowest BCUT2D eigenvalue weighted by atomic mass is 10.1. The van der Waals surface area contributed by atoms with E-state index in [9.17, 15) is 4.79 Å². The van der Waals surface area contributed by atoms with Crippen LogP contribution in [0.5, 0.6) is 17.2 Å². The number of halogens is 1. The van der Waals surface area contributed by atoms with Gasteiger partial charge in [-0.15, -0.1) is 0 Å². The smallest absolute Gasteiger partial charge is 0.346 e. The lowest BCUT2D eigenvalue weighted by Gasteiger charge is -2.08. The summed E-state index contributed by atoms with van der Waals surface area (Å²) in [5.41, 5.74) is 0.0309. The number of hydrogen-bond donors (Lipinski definition) is 1. The molecule has 2 rings (SSSR count). The average Bonchev–Trinajstić information content (AvgIpc) is 2.54. The Bertz CT molecular complexity index is 791. The van der Waals surface area contributed by atoms with Crippen molar-refractivity contribution in [2.45, 2.75) is 0 Å². The SMILES string of the molecule is COc1ccc(Oc2ccc(/C=C(/C#N)C(=O)O)c(Cl)c2)cc1. The maximum Gasteiger partial charge on any atom is 0.346 e. The molecule has 0 saturated heterocycles. The van der Waals surface area contributed by atoms with Crippen LogP contribution in [-0.4, -0.2) is 18.2 Å². The van der Waals surface area contributed by atoms with Gasteiger partial charge in [0.25, 0.3) is 0 Å². The summed E-state index contributed by atoms with van der Waals surface area (Å²) < 4.78 is 10.7. The topological polar surface area (TPSA) is 79.5 Å². The predicted octanol–water partition coefficient (Wildman–Crippen LogP) is 4.13. The van der Waals surface area contributed by atoms with E-state index in [0.717, 1.165) is 0 Å². The first-order valence-corrected chi connectivity index (χ1v) is 6.88. The van der Waals surface area contributed by atoms with Gasteiger partial charge in [-0.2, -0.15) is 5.26 Å². The molecule has 0 aliphatic rings. The summed E-state index contributed by atoms with van der Waals surface area (Å²) in [5, 5.41) is 17.9. The van der Waals surface area contributed by atoms with Crippen LogP contribution in [-0.2, 0) is 4.79 Å². The Balaban J connectivity index is 2.22. The molecule has 0 radical (unpaired) electrons. The molecule has 23 heavy (non-hydrogen) atoms. The molecule has 0 fully saturated rings. The third-order valence-electron chi connectivity index (χ3n) is 2.92. The van der Waals surface area contributed by atoms with Crippen LogP contribution in [0, 0.1) is 11.3 Å². The molecule has 0 aliphatic carbocycles. The van der Waals surface area contributed by atoms with Gasteiger partial charge < -0.3 is 14.6 Å². The lowest BCUT2D eigenvalue weighted by molar-refractivity contribution is -0.132. The van der Waals surface area contributed by atoms with Crippen LogP contribution in [0.15, 0.2) is 48.0 Å². The van der Waals surface area contributed by atoms with E-state index in [1.54, 1.807) is 55.6 Å². The van der Waals surface area contributed by atoms with Crippen molar-refractivity contribution in [3.05, 3.63) is 58.6 Å². The summed E-state index contributed by atoms with van der Waals surface area (Å²) in [6.45, 7) is 0. The highest BCUT2D eigenvalue weighted by Crippen LogP contribution is 2.29. The molecule has 0 heterocycles. The van der Waals surface area contributed by atoms with Crippen molar-refractivity contribution in [2.75, 3.05) is 7.11 Å². The number of nitriles is 1. The Morgan fingerprint density at radius 2 is 1.78 bits per heavy atom. The molecule has 0 unspecified atom stereocenters. The minimum atomic E-state index is -1.30. The average molecular weight is 330 g/mol. The molecule has 2 aromatic carbocycles. The summed E-state index contributed by atoms with van der Waals surface area (Å²) in [6.07, 6.45) is 1.21. The minimum absolute atomic E-state index is 0.282. The maximum atomic E-state index is 10.8. The van der Waals surface area contributed by atoms with Crippen LogP contribution in [0.3, 0.4) is 0 Å². The minimum Gasteiger partial charge on any atom is -0.497 e. The fourth-order valence-electron chi connectivity index (χ4n) is 1.77. The monoisotopic (exact) mass is 329 g/mol. The van der Waals surface area contributed by atoms with E-state index in [0.29, 0.717) is 22.8 Å². The van der Waals surface area contributed by atoms with Crippen LogP contribution in [0.2, 0.25) is 5.02 Å². The number of methoxy groups -OCH3 is 1. The third-order valence-corrected chi connectivity index (χ3v) is 3.25. The second kappa shape index (κ2) is 7.34. The Kier molecular flexibility index (Phi) is 5.23. The van der Waals surface area contributed by atoms with Crippen molar-refractivity contribution in [1.82, 2.24) is 0 Å². The number of aliphatic carboxylic acids is 1. The van der Waals surface area contributed by atoms with Gasteiger partial charge in [0.1, 0.15) is 28.9 Å². The summed E-state index contributed by atoms with van der Waals surface area (Å²) >= 11 is 6.10. The number of carboxylic acid groups (broad SMARTS) is 1. The fraction of sp³-hybridized carbons (Fsp3) is 0.0588. The molecular formula is C17H12ClNO4. The van der Waals surface area contributed by atoms with E-state index in [-0.39, 0.29) is 5.02 Å². The van der Waals surface area contributed by atoms with Crippen molar-refractivity contribution in [1.29, 1.82) is 5.26 Å². The highest BCUT2D eigenvalue weighted by molar-refractivity contribution is 6.32. The Labute approximate surface area is 138 Å². The molecule has 116 valence electrons. The van der Waals surface area contributed by atoms with Gasteiger partial charge in [-0.1, -0.05) is 11.6 Å². The Morgan fingerprint density at radius 3 is 2.30 bits per heavy atom. The van der Waals surface area contributed by atoms with Crippen LogP contribution in [0.1, 0.15) is 5.56 Å². The van der Waals surface area contributed by atoms with E-state index >= 15 is 0 Å². The first kappa shape index (κ1) is 16.4. The van der Waals surface area contributed by atoms with Crippen molar-refractivity contribution >= 4 is 23.6 Å². The standard InChI is InChI=1S/C17H12ClNO4/c1-22-13-4-6-14(7-5-13)23-15-3-2-11(16(18)9-15)8-12(10-19)17(20)21/h2-9H,1H3,(H,20,21)/b12-8-. The summed E-state index contributed by atoms with van der Waals surface area (Å²) in [6, 6.07) is 13.4. The molecule has 0 aliphatic heterocycles. The van der Waals surface area contributed by atoms with Gasteiger partial charge in [0.05, 0.1) is 12.1 Å². The first-order chi connectivity index (χ1) is 11.0. The second-order valence-electron chi connectivity index (χ2n) is 4.44. The van der Waals surface area contributed by atoms with Gasteiger partial charge in [0.15, 0.2) is 0 Å². The molecule has 0 atom stereocenters. The number of carboxylic acids is 1. The number of rotatable bonds is 5. The van der Waals surface area contributed by atoms with E-state index in [2.05, 4.69) is 0 Å². The third kappa shape index (κ3) is 4.25. The van der Waals surface area contributed by atoms with E-state index < -0.39 is 11.5 Å². The van der Waals surface area contributed by atoms with Gasteiger partial charge >= 0.3 is 5.97 Å². The molecule has 5 nitrogen and oxygen atoms in total. The number of ether oxygens (including phenoxy) is 2. The maximum absolute atomic E-state index is 10.8. The molecule has 2 aromatic rings. The van der Waals surface area contributed by atoms with Crippen molar-refractivity contribution in [3.63, 3.8) is 0 Å². The zero-order valence-electron chi connectivity index (χ0n) is 12.1. The molecule has 0 amide bonds. The van der Waals surface area contributed by atoms with Crippen molar-refractivity contribution < 1.29 is 19.4 Å². The van der Waals surface area contributed by atoms with Crippen LogP contribution >= 0.6 is 11.6 Å². The van der Waals surface area contributed by atoms with Crippen molar-refractivity contribution in [2.24, 2.45) is 0 Å². The van der Waals surface area contributed by atoms with Gasteiger partial charge in [-0.3, -0.25) is 0 Å². The fourth-order valence-corrected chi connectivity index (χ4v) is 1.99. The molecule has 0 aromatic heterocycles. The number of benzene rings is 2. The summed E-state index contributed by atoms with van der Waals surface area (Å²) in [4.78, 5) is 10.8. The Hall–Kier alpha value is -2.97. The second-order valence-corrected chi connectivity index (χ2v) is 4.84. The van der Waals surface area contributed by atoms with Gasteiger partial charge in [0.2, 0.25) is 0 Å². The molecule has 0 saturated carbocycles. The lowest BCUT2D eigenvalue weighted by Crippen LogP contribution is -1.97. The number of nitrogens with zero attached hydrogens (tertiary/aromatic N) is 1. The van der Waals surface area contributed by atoms with Crippen molar-refractivity contribution in [3.8, 4) is 23.3 Å². The summed E-state index contributed by atoms with van der Waals surface area (Å²) in [5.74, 6) is 0.509. The normalized spacial score (nSPS) is 10.7. The quantitative estimate of drug-likeness (QED) is 0.659. The van der Waals surface area contributed by atoms with Crippen LogP contribution in [0.25, 0.3) is 6.08 Å². The number of carbonyl (C=O) groups is 1. The molecule has 0 spiro atoms. The van der Waals surface area contributed by atoms with Gasteiger partial charge in [-0.05, 0) is 54.1 Å². The molecule has 6 heteroatoms. The summed E-state index contributed by atoms with van der Waals surface area (Å²) in [7, 11) is 1.58. The zero-order valence-corrected chi connectivity index (χ0v) is 12.9. The van der Waals surface area contributed by atoms with Crippen LogP contribution < -0.4 is 9.47 Å². The highest BCUT2D eigenvalue weighted by Gasteiger charge is 2.08.